The fourth-order valence-electron chi connectivity index (χ4n) is 3.12. The number of halogens is 1. The first-order valence-electron chi connectivity index (χ1n) is 8.40. The average molecular weight is 340 g/mol. The standard InChI is InChI=1S/C19H21FN4O/c20-17-3-1-2-16(8-17)18(25)13-24-7-6-15(12-24)11-23-19-5-4-14(9-21)10-22-19/h1-5,8,10,15,18,25H,6-7,11-13H2,(H,22,23)/t15-,18+/m1/s1. The number of β-amino-alcohol motifs (C(OH)–C–C–N with tert-alkyl or cyclic N) is 1. The van der Waals surface area contributed by atoms with Crippen LogP contribution in [0.5, 0.6) is 0 Å². The van der Waals surface area contributed by atoms with Crippen LogP contribution in [-0.2, 0) is 0 Å². The number of aliphatic hydroxyl groups excluding tert-OH is 1. The Kier molecular flexibility index (Phi) is 5.59. The number of nitrogens with zero attached hydrogens (tertiary/aromatic N) is 3. The van der Waals surface area contributed by atoms with Crippen molar-refractivity contribution in [3.05, 3.63) is 59.5 Å². The molecule has 2 atom stereocenters. The van der Waals surface area contributed by atoms with E-state index in [-0.39, 0.29) is 5.82 Å². The molecule has 2 aromatic rings. The van der Waals surface area contributed by atoms with E-state index < -0.39 is 6.10 Å². The summed E-state index contributed by atoms with van der Waals surface area (Å²) in [6.45, 7) is 3.11. The molecule has 0 spiro atoms. The first kappa shape index (κ1) is 17.3. The lowest BCUT2D eigenvalue weighted by molar-refractivity contribution is 0.124. The molecule has 25 heavy (non-hydrogen) atoms. The molecule has 1 saturated heterocycles. The fraction of sp³-hybridized carbons (Fsp3) is 0.368. The summed E-state index contributed by atoms with van der Waals surface area (Å²) in [6, 6.07) is 11.7. The summed E-state index contributed by atoms with van der Waals surface area (Å²) >= 11 is 0. The second kappa shape index (κ2) is 8.06. The second-order valence-corrected chi connectivity index (χ2v) is 6.41. The van der Waals surface area contributed by atoms with E-state index in [2.05, 4.69) is 15.2 Å². The van der Waals surface area contributed by atoms with Gasteiger partial charge in [0, 0.05) is 25.8 Å². The van der Waals surface area contributed by atoms with Crippen molar-refractivity contribution in [2.45, 2.75) is 12.5 Å². The minimum Gasteiger partial charge on any atom is -0.387 e. The number of hydrogen-bond acceptors (Lipinski definition) is 5. The van der Waals surface area contributed by atoms with E-state index in [1.807, 2.05) is 6.07 Å². The summed E-state index contributed by atoms with van der Waals surface area (Å²) in [5, 5.41) is 22.4. The third-order valence-electron chi connectivity index (χ3n) is 4.50. The molecule has 1 aromatic heterocycles. The molecule has 1 fully saturated rings. The molecule has 0 saturated carbocycles. The highest BCUT2D eigenvalue weighted by Crippen LogP contribution is 2.21. The van der Waals surface area contributed by atoms with Gasteiger partial charge in [-0.2, -0.15) is 5.26 Å². The van der Waals surface area contributed by atoms with Gasteiger partial charge in [0.25, 0.3) is 0 Å². The number of aliphatic hydroxyl groups is 1. The van der Waals surface area contributed by atoms with Gasteiger partial charge < -0.3 is 15.3 Å². The van der Waals surface area contributed by atoms with Gasteiger partial charge in [0.1, 0.15) is 17.7 Å². The van der Waals surface area contributed by atoms with Gasteiger partial charge in [-0.3, -0.25) is 0 Å². The fourth-order valence-corrected chi connectivity index (χ4v) is 3.12. The SMILES string of the molecule is N#Cc1ccc(NC[C@H]2CCN(C[C@H](O)c3cccc(F)c3)C2)nc1. The van der Waals surface area contributed by atoms with E-state index in [0.717, 1.165) is 31.9 Å². The average Bonchev–Trinajstić information content (AvgIpc) is 3.08. The number of pyridine rings is 1. The number of aromatic nitrogens is 1. The zero-order valence-electron chi connectivity index (χ0n) is 13.9. The van der Waals surface area contributed by atoms with E-state index in [1.54, 1.807) is 30.5 Å². The molecule has 3 rings (SSSR count). The van der Waals surface area contributed by atoms with Crippen LogP contribution >= 0.6 is 0 Å². The second-order valence-electron chi connectivity index (χ2n) is 6.41. The minimum atomic E-state index is -0.678. The van der Waals surface area contributed by atoms with Crippen molar-refractivity contribution in [1.29, 1.82) is 5.26 Å². The van der Waals surface area contributed by atoms with Crippen molar-refractivity contribution in [2.24, 2.45) is 5.92 Å². The summed E-state index contributed by atoms with van der Waals surface area (Å²) in [5.41, 5.74) is 1.16. The van der Waals surface area contributed by atoms with Gasteiger partial charge in [0.15, 0.2) is 0 Å². The Morgan fingerprint density at radius 3 is 3.00 bits per heavy atom. The first-order chi connectivity index (χ1) is 12.1. The maximum absolute atomic E-state index is 13.3. The predicted octanol–water partition coefficient (Wildman–Crippen LogP) is 2.56. The van der Waals surface area contributed by atoms with Crippen molar-refractivity contribution in [2.75, 3.05) is 31.5 Å². The van der Waals surface area contributed by atoms with Gasteiger partial charge in [-0.15, -0.1) is 0 Å². The van der Waals surface area contributed by atoms with Crippen molar-refractivity contribution in [1.82, 2.24) is 9.88 Å². The molecule has 2 N–H and O–H groups in total. The van der Waals surface area contributed by atoms with E-state index in [9.17, 15) is 9.50 Å². The lowest BCUT2D eigenvalue weighted by atomic mass is 10.1. The highest BCUT2D eigenvalue weighted by atomic mass is 19.1. The minimum absolute atomic E-state index is 0.324. The van der Waals surface area contributed by atoms with E-state index >= 15 is 0 Å². The molecule has 5 nitrogen and oxygen atoms in total. The Morgan fingerprint density at radius 2 is 2.28 bits per heavy atom. The molecule has 1 aliphatic heterocycles. The quantitative estimate of drug-likeness (QED) is 0.846. The Morgan fingerprint density at radius 1 is 1.40 bits per heavy atom. The van der Waals surface area contributed by atoms with Crippen molar-refractivity contribution in [3.8, 4) is 6.07 Å². The predicted molar refractivity (Wildman–Crippen MR) is 93.3 cm³/mol. The molecule has 0 unspecified atom stereocenters. The molecule has 130 valence electrons. The molecular weight excluding hydrogens is 319 g/mol. The number of nitriles is 1. The molecule has 1 aliphatic rings. The summed E-state index contributed by atoms with van der Waals surface area (Å²) < 4.78 is 13.3. The maximum Gasteiger partial charge on any atom is 0.125 e. The van der Waals surface area contributed by atoms with Crippen LogP contribution in [0.3, 0.4) is 0 Å². The molecule has 0 radical (unpaired) electrons. The van der Waals surface area contributed by atoms with Crippen molar-refractivity contribution >= 4 is 5.82 Å². The van der Waals surface area contributed by atoms with Gasteiger partial charge in [-0.05, 0) is 48.7 Å². The van der Waals surface area contributed by atoms with Gasteiger partial charge in [0.05, 0.1) is 11.7 Å². The lowest BCUT2D eigenvalue weighted by Crippen LogP contribution is -2.27. The molecule has 1 aromatic carbocycles. The van der Waals surface area contributed by atoms with Crippen LogP contribution < -0.4 is 5.32 Å². The van der Waals surface area contributed by atoms with Crippen LogP contribution in [0.2, 0.25) is 0 Å². The molecule has 6 heteroatoms. The summed E-state index contributed by atoms with van der Waals surface area (Å²) in [7, 11) is 0. The number of anilines is 1. The summed E-state index contributed by atoms with van der Waals surface area (Å²) in [5.74, 6) is 0.907. The van der Waals surface area contributed by atoms with Crippen LogP contribution in [0.1, 0.15) is 23.7 Å². The zero-order valence-corrected chi connectivity index (χ0v) is 13.9. The highest BCUT2D eigenvalue weighted by molar-refractivity contribution is 5.38. The van der Waals surface area contributed by atoms with E-state index in [0.29, 0.717) is 23.6 Å². The van der Waals surface area contributed by atoms with Crippen LogP contribution in [0, 0.1) is 23.1 Å². The molecular formula is C19H21FN4O. The van der Waals surface area contributed by atoms with E-state index in [1.165, 1.54) is 12.1 Å². The number of likely N-dealkylation sites (tertiary alicyclic amines) is 1. The molecule has 2 heterocycles. The Balaban J connectivity index is 1.46. The molecule has 0 aliphatic carbocycles. The third-order valence-corrected chi connectivity index (χ3v) is 4.50. The molecule has 0 amide bonds. The smallest absolute Gasteiger partial charge is 0.125 e. The molecule has 0 bridgehead atoms. The monoisotopic (exact) mass is 340 g/mol. The summed E-state index contributed by atoms with van der Waals surface area (Å²) in [6.07, 6.45) is 1.92. The van der Waals surface area contributed by atoms with Gasteiger partial charge in [-0.1, -0.05) is 12.1 Å². The van der Waals surface area contributed by atoms with Crippen LogP contribution in [0.25, 0.3) is 0 Å². The number of nitrogens with one attached hydrogen (secondary N) is 1. The topological polar surface area (TPSA) is 72.2 Å². The highest BCUT2D eigenvalue weighted by Gasteiger charge is 2.24. The lowest BCUT2D eigenvalue weighted by Gasteiger charge is -2.20. The number of benzene rings is 1. The Bertz CT molecular complexity index is 744. The van der Waals surface area contributed by atoms with E-state index in [4.69, 9.17) is 5.26 Å². The van der Waals surface area contributed by atoms with Gasteiger partial charge in [-0.25, -0.2) is 9.37 Å². The van der Waals surface area contributed by atoms with Crippen LogP contribution in [0.4, 0.5) is 10.2 Å². The van der Waals surface area contributed by atoms with Crippen molar-refractivity contribution < 1.29 is 9.50 Å². The zero-order chi connectivity index (χ0) is 17.6. The first-order valence-corrected chi connectivity index (χ1v) is 8.40. The third kappa shape index (κ3) is 4.75. The number of rotatable bonds is 6. The largest absolute Gasteiger partial charge is 0.387 e. The van der Waals surface area contributed by atoms with Gasteiger partial charge >= 0.3 is 0 Å². The Hall–Kier alpha value is -2.49. The Labute approximate surface area is 146 Å². The van der Waals surface area contributed by atoms with Crippen LogP contribution in [0.15, 0.2) is 42.6 Å². The normalized spacial score (nSPS) is 18.7. The van der Waals surface area contributed by atoms with Crippen LogP contribution in [-0.4, -0.2) is 41.2 Å². The summed E-state index contributed by atoms with van der Waals surface area (Å²) in [4.78, 5) is 6.41. The maximum atomic E-state index is 13.3. The number of hydrogen-bond donors (Lipinski definition) is 2. The van der Waals surface area contributed by atoms with Crippen molar-refractivity contribution in [3.63, 3.8) is 0 Å². The van der Waals surface area contributed by atoms with Gasteiger partial charge in [0.2, 0.25) is 0 Å².